The summed E-state index contributed by atoms with van der Waals surface area (Å²) < 4.78 is 6.26. The topological polar surface area (TPSA) is 9.23 Å². The lowest BCUT2D eigenvalue weighted by atomic mass is 9.79. The van der Waals surface area contributed by atoms with Gasteiger partial charge in [0.25, 0.3) is 0 Å². The first-order valence-electron chi connectivity index (χ1n) is 8.80. The summed E-state index contributed by atoms with van der Waals surface area (Å²) in [7, 11) is 6.28. The summed E-state index contributed by atoms with van der Waals surface area (Å²) >= 11 is 0. The largest absolute Gasteiger partial charge is 0.493 e. The van der Waals surface area contributed by atoms with Crippen LogP contribution in [-0.4, -0.2) is 13.3 Å². The molecule has 3 aromatic carbocycles. The zero-order valence-corrected chi connectivity index (χ0v) is 14.8. The fraction of sp³-hybridized carbons (Fsp3) is 0.217. The second-order valence-electron chi connectivity index (χ2n) is 7.53. The van der Waals surface area contributed by atoms with Gasteiger partial charge in [-0.25, -0.2) is 0 Å². The normalized spacial score (nSPS) is 20.1. The maximum Gasteiger partial charge on any atom is 0.137 e. The summed E-state index contributed by atoms with van der Waals surface area (Å²) in [5.41, 5.74) is 8.30. The SMILES string of the molecule is [B][C@]1(C)C=Cc2c(c3c(c4cc(C)c(C)cc24)-c2ccccc2C3)O1. The lowest BCUT2D eigenvalue weighted by molar-refractivity contribution is 0.223. The van der Waals surface area contributed by atoms with Crippen LogP contribution in [0.5, 0.6) is 5.75 Å². The molecule has 0 fully saturated rings. The van der Waals surface area contributed by atoms with Crippen molar-refractivity contribution in [3.8, 4) is 16.9 Å². The van der Waals surface area contributed by atoms with Crippen molar-refractivity contribution in [1.82, 2.24) is 0 Å². The van der Waals surface area contributed by atoms with E-state index in [4.69, 9.17) is 12.6 Å². The van der Waals surface area contributed by atoms with Crippen LogP contribution in [-0.2, 0) is 6.42 Å². The average molecular weight is 322 g/mol. The third kappa shape index (κ3) is 2.03. The van der Waals surface area contributed by atoms with Gasteiger partial charge < -0.3 is 4.74 Å². The Bertz CT molecular complexity index is 1090. The van der Waals surface area contributed by atoms with Crippen molar-refractivity contribution >= 4 is 24.7 Å². The molecule has 1 heterocycles. The van der Waals surface area contributed by atoms with Crippen molar-refractivity contribution in [3.63, 3.8) is 0 Å². The number of benzene rings is 3. The maximum absolute atomic E-state index is 6.28. The van der Waals surface area contributed by atoms with Gasteiger partial charge in [0.05, 0.1) is 5.50 Å². The number of rotatable bonds is 0. The maximum atomic E-state index is 6.28. The van der Waals surface area contributed by atoms with Crippen LogP contribution in [0, 0.1) is 13.8 Å². The quantitative estimate of drug-likeness (QED) is 0.398. The van der Waals surface area contributed by atoms with Gasteiger partial charge in [-0.1, -0.05) is 48.6 Å². The molecule has 0 saturated carbocycles. The van der Waals surface area contributed by atoms with E-state index in [0.717, 1.165) is 17.7 Å². The Morgan fingerprint density at radius 2 is 1.76 bits per heavy atom. The van der Waals surface area contributed by atoms with E-state index in [9.17, 15) is 0 Å². The van der Waals surface area contributed by atoms with Crippen molar-refractivity contribution in [2.45, 2.75) is 32.7 Å². The molecule has 0 aromatic heterocycles. The van der Waals surface area contributed by atoms with E-state index in [0.29, 0.717) is 0 Å². The van der Waals surface area contributed by atoms with Crippen LogP contribution < -0.4 is 4.74 Å². The van der Waals surface area contributed by atoms with Crippen LogP contribution in [0.4, 0.5) is 0 Å². The molecule has 3 aromatic rings. The van der Waals surface area contributed by atoms with E-state index in [1.54, 1.807) is 0 Å². The second-order valence-corrected chi connectivity index (χ2v) is 7.53. The van der Waals surface area contributed by atoms with E-state index in [1.807, 2.05) is 13.0 Å². The smallest absolute Gasteiger partial charge is 0.137 e. The lowest BCUT2D eigenvalue weighted by Crippen LogP contribution is -2.32. The first kappa shape index (κ1) is 14.8. The highest BCUT2D eigenvalue weighted by atomic mass is 16.5. The number of ether oxygens (including phenoxy) is 1. The molecule has 1 aliphatic heterocycles. The Morgan fingerprint density at radius 3 is 2.56 bits per heavy atom. The second kappa shape index (κ2) is 4.79. The van der Waals surface area contributed by atoms with Crippen molar-refractivity contribution in [2.75, 3.05) is 0 Å². The van der Waals surface area contributed by atoms with Crippen molar-refractivity contribution in [3.05, 3.63) is 70.3 Å². The fourth-order valence-electron chi connectivity index (χ4n) is 4.18. The molecule has 1 aliphatic carbocycles. The van der Waals surface area contributed by atoms with Gasteiger partial charge in [-0.05, 0) is 59.4 Å². The van der Waals surface area contributed by atoms with E-state index in [1.165, 1.54) is 44.2 Å². The molecule has 0 amide bonds. The van der Waals surface area contributed by atoms with Crippen LogP contribution in [0.2, 0.25) is 0 Å². The number of hydrogen-bond acceptors (Lipinski definition) is 1. The van der Waals surface area contributed by atoms with Crippen molar-refractivity contribution in [2.24, 2.45) is 0 Å². The summed E-state index contributed by atoms with van der Waals surface area (Å²) in [6.45, 7) is 6.26. The van der Waals surface area contributed by atoms with Crippen LogP contribution in [0.25, 0.3) is 28.0 Å². The van der Waals surface area contributed by atoms with Gasteiger partial charge >= 0.3 is 0 Å². The van der Waals surface area contributed by atoms with Crippen LogP contribution in [0.3, 0.4) is 0 Å². The first-order valence-corrected chi connectivity index (χ1v) is 8.80. The van der Waals surface area contributed by atoms with E-state index in [2.05, 4.69) is 56.3 Å². The molecule has 0 spiro atoms. The summed E-state index contributed by atoms with van der Waals surface area (Å²) in [5, 5.41) is 2.57. The Labute approximate surface area is 149 Å². The lowest BCUT2D eigenvalue weighted by Gasteiger charge is -2.31. The van der Waals surface area contributed by atoms with Gasteiger partial charge in [0, 0.05) is 17.5 Å². The summed E-state index contributed by atoms with van der Waals surface area (Å²) in [5.74, 6) is 0.953. The molecule has 120 valence electrons. The molecule has 1 atom stereocenters. The van der Waals surface area contributed by atoms with Crippen molar-refractivity contribution in [1.29, 1.82) is 0 Å². The van der Waals surface area contributed by atoms with Crippen molar-refractivity contribution < 1.29 is 4.74 Å². The molecule has 1 nitrogen and oxygen atoms in total. The van der Waals surface area contributed by atoms with Gasteiger partial charge in [0.15, 0.2) is 0 Å². The summed E-state index contributed by atoms with van der Waals surface area (Å²) in [6.07, 6.45) is 5.00. The summed E-state index contributed by atoms with van der Waals surface area (Å²) in [4.78, 5) is 0. The van der Waals surface area contributed by atoms with Crippen LogP contribution in [0.1, 0.15) is 34.7 Å². The Morgan fingerprint density at radius 1 is 1.04 bits per heavy atom. The van der Waals surface area contributed by atoms with Crippen LogP contribution in [0.15, 0.2) is 42.5 Å². The minimum atomic E-state index is -0.761. The number of hydrogen-bond donors (Lipinski definition) is 0. The fourth-order valence-corrected chi connectivity index (χ4v) is 4.18. The van der Waals surface area contributed by atoms with Gasteiger partial charge in [-0.3, -0.25) is 0 Å². The number of fused-ring (bicyclic) bond motifs is 8. The van der Waals surface area contributed by atoms with Crippen LogP contribution >= 0.6 is 0 Å². The van der Waals surface area contributed by atoms with E-state index in [-0.39, 0.29) is 0 Å². The monoisotopic (exact) mass is 322 g/mol. The molecular formula is C23H19BO. The highest BCUT2D eigenvalue weighted by Crippen LogP contribution is 2.50. The molecule has 5 rings (SSSR count). The average Bonchev–Trinajstić information content (AvgIpc) is 2.96. The van der Waals surface area contributed by atoms with Gasteiger partial charge in [-0.2, -0.15) is 0 Å². The summed E-state index contributed by atoms with van der Waals surface area (Å²) in [6, 6.07) is 13.3. The standard InChI is InChI=1S/C23H19BO/c1-13-10-18-17-8-9-23(3,24)25-22(17)20-12-15-6-4-5-7-16(15)21(20)19(18)11-14(13)2/h4-11H,12H2,1-3H3/t23-/m0/s1. The highest BCUT2D eigenvalue weighted by Gasteiger charge is 2.31. The Kier molecular flexibility index (Phi) is 2.84. The molecular weight excluding hydrogens is 303 g/mol. The molecule has 0 unspecified atom stereocenters. The first-order chi connectivity index (χ1) is 11.9. The minimum absolute atomic E-state index is 0.761. The third-order valence-corrected chi connectivity index (χ3v) is 5.57. The molecule has 0 saturated heterocycles. The zero-order valence-electron chi connectivity index (χ0n) is 14.8. The predicted molar refractivity (Wildman–Crippen MR) is 105 cm³/mol. The van der Waals surface area contributed by atoms with E-state index < -0.39 is 5.50 Å². The molecule has 25 heavy (non-hydrogen) atoms. The predicted octanol–water partition coefficient (Wildman–Crippen LogP) is 5.32. The Hall–Kier alpha value is -2.48. The van der Waals surface area contributed by atoms with Gasteiger partial charge in [-0.15, -0.1) is 0 Å². The number of aryl methyl sites for hydroxylation is 2. The zero-order chi connectivity index (χ0) is 17.3. The molecule has 2 heteroatoms. The third-order valence-electron chi connectivity index (χ3n) is 5.57. The van der Waals surface area contributed by atoms with Gasteiger partial charge in [0.2, 0.25) is 0 Å². The molecule has 2 radical (unpaired) electrons. The van der Waals surface area contributed by atoms with Gasteiger partial charge in [0.1, 0.15) is 13.6 Å². The molecule has 0 bridgehead atoms. The highest BCUT2D eigenvalue weighted by molar-refractivity contribution is 6.17. The minimum Gasteiger partial charge on any atom is -0.493 e. The Balaban J connectivity index is 1.96. The molecule has 2 aliphatic rings. The van der Waals surface area contributed by atoms with E-state index >= 15 is 0 Å². The molecule has 0 N–H and O–H groups in total.